The van der Waals surface area contributed by atoms with Crippen LogP contribution in [0.5, 0.6) is 0 Å². The van der Waals surface area contributed by atoms with Gasteiger partial charge in [-0.25, -0.2) is 0 Å². The highest BCUT2D eigenvalue weighted by atomic mass is 127. The fourth-order valence-corrected chi connectivity index (χ4v) is 3.51. The van der Waals surface area contributed by atoms with Gasteiger partial charge in [0.15, 0.2) is 0 Å². The summed E-state index contributed by atoms with van der Waals surface area (Å²) >= 11 is 8.55. The lowest BCUT2D eigenvalue weighted by atomic mass is 9.88. The van der Waals surface area contributed by atoms with E-state index in [1.807, 2.05) is 25.1 Å². The number of hydrogen-bond donors (Lipinski definition) is 1. The molecule has 2 nitrogen and oxygen atoms in total. The van der Waals surface area contributed by atoms with E-state index in [0.29, 0.717) is 12.5 Å². The van der Waals surface area contributed by atoms with E-state index in [1.54, 1.807) is 0 Å². The maximum Gasteiger partial charge on any atom is 0.252 e. The van der Waals surface area contributed by atoms with Gasteiger partial charge in [0.1, 0.15) is 0 Å². The van der Waals surface area contributed by atoms with Gasteiger partial charge >= 0.3 is 0 Å². The summed E-state index contributed by atoms with van der Waals surface area (Å²) in [5.74, 6) is 0.435. The van der Waals surface area contributed by atoms with Gasteiger partial charge < -0.3 is 5.32 Å². The molecule has 0 saturated heterocycles. The quantitative estimate of drug-likeness (QED) is 0.609. The number of rotatable bonds is 3. The molecule has 1 aromatic carbocycles. The summed E-state index contributed by atoms with van der Waals surface area (Å²) < 4.78 is 1.03. The van der Waals surface area contributed by atoms with Gasteiger partial charge in [0, 0.05) is 15.5 Å². The molecule has 1 aromatic rings. The van der Waals surface area contributed by atoms with E-state index in [-0.39, 0.29) is 11.3 Å². The molecule has 1 aliphatic rings. The van der Waals surface area contributed by atoms with Crippen molar-refractivity contribution in [1.29, 1.82) is 0 Å². The Morgan fingerprint density at radius 1 is 1.42 bits per heavy atom. The second-order valence-corrected chi connectivity index (χ2v) is 6.85. The number of nitrogens with one attached hydrogen (secondary N) is 1. The first-order valence-electron chi connectivity index (χ1n) is 6.77. The van der Waals surface area contributed by atoms with E-state index < -0.39 is 0 Å². The number of amides is 1. The molecule has 1 amide bonds. The Labute approximate surface area is 133 Å². The Balaban J connectivity index is 1.95. The van der Waals surface area contributed by atoms with Crippen LogP contribution >= 0.6 is 34.2 Å². The van der Waals surface area contributed by atoms with Crippen molar-refractivity contribution in [3.63, 3.8) is 0 Å². The molecule has 0 heterocycles. The maximum absolute atomic E-state index is 12.2. The lowest BCUT2D eigenvalue weighted by Gasteiger charge is -2.27. The lowest BCUT2D eigenvalue weighted by Crippen LogP contribution is -2.35. The summed E-state index contributed by atoms with van der Waals surface area (Å²) in [5.41, 5.74) is 1.91. The zero-order valence-corrected chi connectivity index (χ0v) is 14.0. The molecule has 0 bridgehead atoms. The van der Waals surface area contributed by atoms with Gasteiger partial charge in [0.2, 0.25) is 0 Å². The molecule has 1 aliphatic carbocycles. The number of carbonyl (C=O) groups excluding carboxylic acids is 1. The standard InChI is InChI=1S/C15H19ClINO/c1-10-5-4-7-12(14(10)17)15(19)18-9-11-6-2-3-8-13(11)16/h4-5,7,11,13H,2-3,6,8-9H2,1H3,(H,18,19). The van der Waals surface area contributed by atoms with Crippen LogP contribution < -0.4 is 5.32 Å². The van der Waals surface area contributed by atoms with Gasteiger partial charge in [-0.1, -0.05) is 25.0 Å². The number of alkyl halides is 1. The lowest BCUT2D eigenvalue weighted by molar-refractivity contribution is 0.0943. The van der Waals surface area contributed by atoms with Crippen LogP contribution in [0.2, 0.25) is 0 Å². The van der Waals surface area contributed by atoms with Crippen LogP contribution in [0.1, 0.15) is 41.6 Å². The zero-order chi connectivity index (χ0) is 13.8. The number of hydrogen-bond acceptors (Lipinski definition) is 1. The van der Waals surface area contributed by atoms with E-state index >= 15 is 0 Å². The van der Waals surface area contributed by atoms with E-state index in [0.717, 1.165) is 27.5 Å². The van der Waals surface area contributed by atoms with Gasteiger partial charge in [-0.2, -0.15) is 0 Å². The summed E-state index contributed by atoms with van der Waals surface area (Å²) in [6.07, 6.45) is 4.64. The monoisotopic (exact) mass is 391 g/mol. The Hall–Kier alpha value is -0.290. The molecule has 4 heteroatoms. The van der Waals surface area contributed by atoms with E-state index in [9.17, 15) is 4.79 Å². The number of aryl methyl sites for hydroxylation is 1. The van der Waals surface area contributed by atoms with Crippen LogP contribution in [0.4, 0.5) is 0 Å². The predicted octanol–water partition coefficient (Wildman–Crippen LogP) is 4.13. The second kappa shape index (κ2) is 6.93. The van der Waals surface area contributed by atoms with Crippen LogP contribution in [0, 0.1) is 16.4 Å². The highest BCUT2D eigenvalue weighted by molar-refractivity contribution is 14.1. The predicted molar refractivity (Wildman–Crippen MR) is 87.8 cm³/mol. The first-order chi connectivity index (χ1) is 9.09. The fraction of sp³-hybridized carbons (Fsp3) is 0.533. The van der Waals surface area contributed by atoms with Gasteiger partial charge in [-0.05, 0) is 59.9 Å². The molecule has 0 aromatic heterocycles. The molecular weight excluding hydrogens is 373 g/mol. The van der Waals surface area contributed by atoms with Crippen molar-refractivity contribution in [1.82, 2.24) is 5.32 Å². The molecule has 1 fully saturated rings. The van der Waals surface area contributed by atoms with Crippen molar-refractivity contribution in [2.45, 2.75) is 38.0 Å². The molecule has 104 valence electrons. The first-order valence-corrected chi connectivity index (χ1v) is 8.28. The Bertz CT molecular complexity index is 463. The Morgan fingerprint density at radius 2 is 2.16 bits per heavy atom. The summed E-state index contributed by atoms with van der Waals surface area (Å²) in [6.45, 7) is 2.71. The molecule has 0 radical (unpaired) electrons. The van der Waals surface area contributed by atoms with Crippen molar-refractivity contribution in [3.8, 4) is 0 Å². The molecule has 2 rings (SSSR count). The molecular formula is C15H19ClINO. The van der Waals surface area contributed by atoms with E-state index in [1.165, 1.54) is 12.8 Å². The largest absolute Gasteiger partial charge is 0.352 e. The topological polar surface area (TPSA) is 29.1 Å². The average molecular weight is 392 g/mol. The van der Waals surface area contributed by atoms with Crippen molar-refractivity contribution < 1.29 is 4.79 Å². The molecule has 0 spiro atoms. The highest BCUT2D eigenvalue weighted by Crippen LogP contribution is 2.28. The van der Waals surface area contributed by atoms with Crippen molar-refractivity contribution in [2.24, 2.45) is 5.92 Å². The molecule has 19 heavy (non-hydrogen) atoms. The number of benzene rings is 1. The maximum atomic E-state index is 12.2. The second-order valence-electron chi connectivity index (χ2n) is 5.21. The minimum Gasteiger partial charge on any atom is -0.352 e. The van der Waals surface area contributed by atoms with Crippen molar-refractivity contribution >= 4 is 40.1 Å². The number of halogens is 2. The smallest absolute Gasteiger partial charge is 0.252 e. The minimum absolute atomic E-state index is 0.0162. The molecule has 1 N–H and O–H groups in total. The van der Waals surface area contributed by atoms with Crippen LogP contribution in [0.25, 0.3) is 0 Å². The van der Waals surface area contributed by atoms with E-state index in [2.05, 4.69) is 27.9 Å². The summed E-state index contributed by atoms with van der Waals surface area (Å²) in [7, 11) is 0. The Kier molecular flexibility index (Phi) is 5.51. The zero-order valence-electron chi connectivity index (χ0n) is 11.1. The third-order valence-corrected chi connectivity index (χ3v) is 5.78. The summed E-state index contributed by atoms with van der Waals surface area (Å²) in [5, 5.41) is 3.25. The van der Waals surface area contributed by atoms with Crippen molar-refractivity contribution in [2.75, 3.05) is 6.54 Å². The normalized spacial score (nSPS) is 23.1. The van der Waals surface area contributed by atoms with Crippen LogP contribution in [0.3, 0.4) is 0 Å². The highest BCUT2D eigenvalue weighted by Gasteiger charge is 2.23. The van der Waals surface area contributed by atoms with Crippen LogP contribution in [-0.4, -0.2) is 17.8 Å². The van der Waals surface area contributed by atoms with E-state index in [4.69, 9.17) is 11.6 Å². The molecule has 0 aliphatic heterocycles. The number of carbonyl (C=O) groups is 1. The van der Waals surface area contributed by atoms with Crippen LogP contribution in [-0.2, 0) is 0 Å². The third-order valence-electron chi connectivity index (χ3n) is 3.78. The average Bonchev–Trinajstić information content (AvgIpc) is 2.40. The summed E-state index contributed by atoms with van der Waals surface area (Å²) in [4.78, 5) is 12.2. The molecule has 1 saturated carbocycles. The minimum atomic E-state index is 0.0162. The van der Waals surface area contributed by atoms with Gasteiger partial charge in [0.25, 0.3) is 5.91 Å². The summed E-state index contributed by atoms with van der Waals surface area (Å²) in [6, 6.07) is 5.83. The Morgan fingerprint density at radius 3 is 2.89 bits per heavy atom. The van der Waals surface area contributed by atoms with Crippen molar-refractivity contribution in [3.05, 3.63) is 32.9 Å². The van der Waals surface area contributed by atoms with Gasteiger partial charge in [-0.15, -0.1) is 11.6 Å². The fourth-order valence-electron chi connectivity index (χ4n) is 2.53. The van der Waals surface area contributed by atoms with Gasteiger partial charge in [-0.3, -0.25) is 4.79 Å². The molecule has 2 unspecified atom stereocenters. The third kappa shape index (κ3) is 3.85. The first kappa shape index (κ1) is 15.1. The molecule has 2 atom stereocenters. The van der Waals surface area contributed by atoms with Crippen LogP contribution in [0.15, 0.2) is 18.2 Å². The van der Waals surface area contributed by atoms with Gasteiger partial charge in [0.05, 0.1) is 5.56 Å². The SMILES string of the molecule is Cc1cccc(C(=O)NCC2CCCCC2Cl)c1I.